The normalized spacial score (nSPS) is 25.6. The zero-order valence-electron chi connectivity index (χ0n) is 10.2. The van der Waals surface area contributed by atoms with Gasteiger partial charge in [0, 0.05) is 12.3 Å². The Hall–Kier alpha value is -1.05. The Morgan fingerprint density at radius 3 is 3.00 bits per heavy atom. The molecule has 0 saturated heterocycles. The lowest BCUT2D eigenvalue weighted by molar-refractivity contribution is 0.0866. The average Bonchev–Trinajstić information content (AvgIpc) is 2.76. The van der Waals surface area contributed by atoms with Gasteiger partial charge in [0.25, 0.3) is 0 Å². The SMILES string of the molecule is CCc1occc1C(=O)C1CCCC(C)C1. The molecule has 0 radical (unpaired) electrons. The Kier molecular flexibility index (Phi) is 3.47. The molecule has 0 aliphatic heterocycles. The molecule has 2 nitrogen and oxygen atoms in total. The highest BCUT2D eigenvalue weighted by molar-refractivity contribution is 5.98. The Morgan fingerprint density at radius 2 is 2.31 bits per heavy atom. The van der Waals surface area contributed by atoms with E-state index in [1.54, 1.807) is 6.26 Å². The van der Waals surface area contributed by atoms with Crippen LogP contribution in [-0.4, -0.2) is 5.78 Å². The van der Waals surface area contributed by atoms with E-state index in [4.69, 9.17) is 4.42 Å². The van der Waals surface area contributed by atoms with Gasteiger partial charge in [-0.25, -0.2) is 0 Å². The van der Waals surface area contributed by atoms with Crippen molar-refractivity contribution in [1.29, 1.82) is 0 Å². The number of hydrogen-bond acceptors (Lipinski definition) is 2. The molecule has 2 atom stereocenters. The molecule has 1 saturated carbocycles. The summed E-state index contributed by atoms with van der Waals surface area (Å²) in [4.78, 5) is 12.3. The molecule has 0 N–H and O–H groups in total. The van der Waals surface area contributed by atoms with E-state index < -0.39 is 0 Å². The van der Waals surface area contributed by atoms with E-state index in [0.717, 1.165) is 30.6 Å². The van der Waals surface area contributed by atoms with Gasteiger partial charge in [-0.15, -0.1) is 0 Å². The maximum Gasteiger partial charge on any atom is 0.169 e. The van der Waals surface area contributed by atoms with Crippen molar-refractivity contribution in [2.75, 3.05) is 0 Å². The lowest BCUT2D eigenvalue weighted by Gasteiger charge is -2.25. The Bertz CT molecular complexity index is 365. The fourth-order valence-electron chi connectivity index (χ4n) is 2.73. The molecule has 2 heteroatoms. The van der Waals surface area contributed by atoms with E-state index in [9.17, 15) is 4.79 Å². The number of furan rings is 1. The van der Waals surface area contributed by atoms with Crippen molar-refractivity contribution in [1.82, 2.24) is 0 Å². The minimum atomic E-state index is 0.228. The van der Waals surface area contributed by atoms with Crippen molar-refractivity contribution in [3.63, 3.8) is 0 Å². The molecular weight excluding hydrogens is 200 g/mol. The summed E-state index contributed by atoms with van der Waals surface area (Å²) in [6.07, 6.45) is 7.01. The molecule has 0 amide bonds. The van der Waals surface area contributed by atoms with Gasteiger partial charge in [-0.3, -0.25) is 4.79 Å². The first-order chi connectivity index (χ1) is 7.72. The average molecular weight is 220 g/mol. The van der Waals surface area contributed by atoms with Gasteiger partial charge in [0.1, 0.15) is 5.76 Å². The van der Waals surface area contributed by atoms with E-state index in [1.807, 2.05) is 13.0 Å². The number of rotatable bonds is 3. The fraction of sp³-hybridized carbons (Fsp3) is 0.643. The molecule has 1 fully saturated rings. The van der Waals surface area contributed by atoms with Crippen molar-refractivity contribution >= 4 is 5.78 Å². The van der Waals surface area contributed by atoms with Crippen LogP contribution in [0.5, 0.6) is 0 Å². The topological polar surface area (TPSA) is 30.2 Å². The maximum absolute atomic E-state index is 12.3. The standard InChI is InChI=1S/C14H20O2/c1-3-13-12(7-8-16-13)14(15)11-6-4-5-10(2)9-11/h7-8,10-11H,3-6,9H2,1-2H3. The van der Waals surface area contributed by atoms with Gasteiger partial charge in [0.15, 0.2) is 5.78 Å². The number of ketones is 1. The number of aryl methyl sites for hydroxylation is 1. The lowest BCUT2D eigenvalue weighted by Crippen LogP contribution is -2.22. The zero-order valence-corrected chi connectivity index (χ0v) is 10.2. The van der Waals surface area contributed by atoms with Gasteiger partial charge in [-0.2, -0.15) is 0 Å². The summed E-state index contributed by atoms with van der Waals surface area (Å²) >= 11 is 0. The predicted molar refractivity (Wildman–Crippen MR) is 63.5 cm³/mol. The van der Waals surface area contributed by atoms with Crippen LogP contribution in [0.15, 0.2) is 16.7 Å². The quantitative estimate of drug-likeness (QED) is 0.724. The Labute approximate surface area is 97.0 Å². The molecule has 2 unspecified atom stereocenters. The van der Waals surface area contributed by atoms with Crippen LogP contribution in [-0.2, 0) is 6.42 Å². The second-order valence-electron chi connectivity index (χ2n) is 4.94. The minimum absolute atomic E-state index is 0.228. The van der Waals surface area contributed by atoms with E-state index in [-0.39, 0.29) is 5.92 Å². The number of hydrogen-bond donors (Lipinski definition) is 0. The van der Waals surface area contributed by atoms with Crippen LogP contribution in [0, 0.1) is 11.8 Å². The summed E-state index contributed by atoms with van der Waals surface area (Å²) in [6, 6.07) is 1.83. The first-order valence-corrected chi connectivity index (χ1v) is 6.33. The monoisotopic (exact) mass is 220 g/mol. The third-order valence-electron chi connectivity index (χ3n) is 3.64. The summed E-state index contributed by atoms with van der Waals surface area (Å²) in [5.74, 6) is 2.08. The summed E-state index contributed by atoms with van der Waals surface area (Å²) in [5.41, 5.74) is 0.821. The van der Waals surface area contributed by atoms with E-state index in [2.05, 4.69) is 6.92 Å². The van der Waals surface area contributed by atoms with Crippen LogP contribution >= 0.6 is 0 Å². The van der Waals surface area contributed by atoms with Crippen molar-refractivity contribution in [2.24, 2.45) is 11.8 Å². The highest BCUT2D eigenvalue weighted by Gasteiger charge is 2.27. The summed E-state index contributed by atoms with van der Waals surface area (Å²) in [7, 11) is 0. The molecule has 1 aliphatic rings. The molecular formula is C14H20O2. The van der Waals surface area contributed by atoms with Gasteiger partial charge in [0.05, 0.1) is 11.8 Å². The molecule has 2 rings (SSSR count). The predicted octanol–water partition coefficient (Wildman–Crippen LogP) is 3.85. The van der Waals surface area contributed by atoms with Crippen LogP contribution in [0.1, 0.15) is 55.6 Å². The van der Waals surface area contributed by atoms with Gasteiger partial charge >= 0.3 is 0 Å². The molecule has 0 bridgehead atoms. The van der Waals surface area contributed by atoms with Crippen LogP contribution in [0.2, 0.25) is 0 Å². The number of Topliss-reactive ketones (excluding diaryl/α,β-unsaturated/α-hetero) is 1. The van der Waals surface area contributed by atoms with Crippen molar-refractivity contribution in [2.45, 2.75) is 46.0 Å². The number of carbonyl (C=O) groups excluding carboxylic acids is 1. The van der Waals surface area contributed by atoms with Gasteiger partial charge in [-0.1, -0.05) is 26.7 Å². The van der Waals surface area contributed by atoms with Crippen LogP contribution in [0.3, 0.4) is 0 Å². The van der Waals surface area contributed by atoms with Gasteiger partial charge in [0.2, 0.25) is 0 Å². The zero-order chi connectivity index (χ0) is 11.5. The van der Waals surface area contributed by atoms with Gasteiger partial charge in [-0.05, 0) is 24.8 Å². The Morgan fingerprint density at radius 1 is 1.50 bits per heavy atom. The molecule has 1 aromatic heterocycles. The maximum atomic E-state index is 12.3. The van der Waals surface area contributed by atoms with E-state index in [1.165, 1.54) is 12.8 Å². The van der Waals surface area contributed by atoms with E-state index >= 15 is 0 Å². The third kappa shape index (κ3) is 2.21. The van der Waals surface area contributed by atoms with E-state index in [0.29, 0.717) is 11.7 Å². The second kappa shape index (κ2) is 4.86. The first kappa shape index (κ1) is 11.4. The first-order valence-electron chi connectivity index (χ1n) is 6.33. The molecule has 1 aromatic rings. The van der Waals surface area contributed by atoms with Crippen molar-refractivity contribution in [3.05, 3.63) is 23.7 Å². The van der Waals surface area contributed by atoms with Crippen molar-refractivity contribution < 1.29 is 9.21 Å². The van der Waals surface area contributed by atoms with Crippen molar-refractivity contribution in [3.8, 4) is 0 Å². The highest BCUT2D eigenvalue weighted by Crippen LogP contribution is 2.31. The molecule has 1 heterocycles. The summed E-state index contributed by atoms with van der Waals surface area (Å²) in [5, 5.41) is 0. The summed E-state index contributed by atoms with van der Waals surface area (Å²) in [6.45, 7) is 4.27. The molecule has 16 heavy (non-hydrogen) atoms. The highest BCUT2D eigenvalue weighted by atomic mass is 16.3. The second-order valence-corrected chi connectivity index (χ2v) is 4.94. The molecule has 0 spiro atoms. The summed E-state index contributed by atoms with van der Waals surface area (Å²) < 4.78 is 5.33. The van der Waals surface area contributed by atoms with Gasteiger partial charge < -0.3 is 4.42 Å². The third-order valence-corrected chi connectivity index (χ3v) is 3.64. The van der Waals surface area contributed by atoms with Crippen LogP contribution in [0.4, 0.5) is 0 Å². The smallest absolute Gasteiger partial charge is 0.169 e. The minimum Gasteiger partial charge on any atom is -0.469 e. The molecule has 0 aromatic carbocycles. The molecule has 88 valence electrons. The largest absolute Gasteiger partial charge is 0.469 e. The van der Waals surface area contributed by atoms with Crippen LogP contribution in [0.25, 0.3) is 0 Å². The van der Waals surface area contributed by atoms with Crippen LogP contribution < -0.4 is 0 Å². The fourth-order valence-corrected chi connectivity index (χ4v) is 2.73. The number of carbonyl (C=O) groups is 1. The lowest BCUT2D eigenvalue weighted by atomic mass is 9.79. The Balaban J connectivity index is 2.12. The molecule has 1 aliphatic carbocycles.